The second kappa shape index (κ2) is 6.16. The molecule has 1 unspecified atom stereocenters. The first-order chi connectivity index (χ1) is 9.06. The molecule has 5 heteroatoms. The highest BCUT2D eigenvalue weighted by Crippen LogP contribution is 2.46. The molecule has 0 bridgehead atoms. The molecule has 1 heterocycles. The van der Waals surface area contributed by atoms with E-state index >= 15 is 0 Å². The summed E-state index contributed by atoms with van der Waals surface area (Å²) < 4.78 is 0. The Balaban J connectivity index is 1.89. The first kappa shape index (κ1) is 14.7. The van der Waals surface area contributed by atoms with Crippen molar-refractivity contribution < 1.29 is 9.59 Å². The number of likely N-dealkylation sites (tertiary alicyclic amines) is 1. The van der Waals surface area contributed by atoms with E-state index in [0.29, 0.717) is 11.2 Å². The second-order valence-electron chi connectivity index (χ2n) is 5.97. The second-order valence-corrected chi connectivity index (χ2v) is 6.33. The zero-order valence-corrected chi connectivity index (χ0v) is 12.5. The number of amides is 2. The number of hydrogen-bond donors (Lipinski definition) is 2. The normalized spacial score (nSPS) is 23.4. The van der Waals surface area contributed by atoms with Crippen molar-refractivity contribution in [3.05, 3.63) is 0 Å². The average Bonchev–Trinajstić information content (AvgIpc) is 2.84. The fourth-order valence-corrected chi connectivity index (χ4v) is 3.73. The van der Waals surface area contributed by atoms with Crippen molar-refractivity contribution >= 4 is 24.4 Å². The Labute approximate surface area is 120 Å². The molecule has 19 heavy (non-hydrogen) atoms. The Morgan fingerprint density at radius 2 is 1.79 bits per heavy atom. The van der Waals surface area contributed by atoms with Crippen molar-refractivity contribution in [1.29, 1.82) is 0 Å². The zero-order chi connectivity index (χ0) is 13.9. The fraction of sp³-hybridized carbons (Fsp3) is 0.857. The van der Waals surface area contributed by atoms with E-state index in [0.717, 1.165) is 25.9 Å². The lowest BCUT2D eigenvalue weighted by Crippen LogP contribution is -2.52. The van der Waals surface area contributed by atoms with Gasteiger partial charge in [-0.1, -0.05) is 12.8 Å². The minimum atomic E-state index is -0.474. The molecular weight excluding hydrogens is 260 g/mol. The molecule has 0 aromatic heterocycles. The molecule has 1 aliphatic carbocycles. The molecule has 2 amide bonds. The van der Waals surface area contributed by atoms with Gasteiger partial charge in [0.25, 0.3) is 0 Å². The molecule has 1 saturated carbocycles. The van der Waals surface area contributed by atoms with Crippen molar-refractivity contribution in [3.63, 3.8) is 0 Å². The van der Waals surface area contributed by atoms with Crippen LogP contribution in [0.25, 0.3) is 0 Å². The Hall–Kier alpha value is -0.710. The van der Waals surface area contributed by atoms with Crippen LogP contribution >= 0.6 is 12.6 Å². The molecular formula is C14H24N2O2S. The Morgan fingerprint density at radius 3 is 2.26 bits per heavy atom. The van der Waals surface area contributed by atoms with Gasteiger partial charge in [0, 0.05) is 25.8 Å². The first-order valence-corrected chi connectivity index (χ1v) is 7.86. The molecule has 1 spiro atoms. The van der Waals surface area contributed by atoms with Gasteiger partial charge in [0.1, 0.15) is 6.04 Å². The standard InChI is InChI=1S/C14H24N2O2S/c1-11(17)15-12(10-19)13(18)16-8-6-14(7-9-16)4-2-3-5-14/h12,19H,2-10H2,1H3,(H,15,17). The third-order valence-electron chi connectivity index (χ3n) is 4.66. The number of carbonyl (C=O) groups excluding carboxylic acids is 2. The summed E-state index contributed by atoms with van der Waals surface area (Å²) in [5.41, 5.74) is 0.515. The van der Waals surface area contributed by atoms with Crippen LogP contribution in [0.5, 0.6) is 0 Å². The van der Waals surface area contributed by atoms with Gasteiger partial charge in [-0.2, -0.15) is 12.6 Å². The van der Waals surface area contributed by atoms with Crippen LogP contribution in [0.15, 0.2) is 0 Å². The number of rotatable bonds is 3. The highest BCUT2D eigenvalue weighted by molar-refractivity contribution is 7.80. The van der Waals surface area contributed by atoms with Crippen LogP contribution in [-0.2, 0) is 9.59 Å². The smallest absolute Gasteiger partial charge is 0.245 e. The summed E-state index contributed by atoms with van der Waals surface area (Å²) in [5, 5.41) is 2.68. The minimum absolute atomic E-state index is 0.0260. The van der Waals surface area contributed by atoms with E-state index in [1.807, 2.05) is 4.90 Å². The van der Waals surface area contributed by atoms with Crippen molar-refractivity contribution in [2.75, 3.05) is 18.8 Å². The van der Waals surface area contributed by atoms with Gasteiger partial charge in [-0.05, 0) is 31.1 Å². The number of piperidine rings is 1. The van der Waals surface area contributed by atoms with Gasteiger partial charge in [-0.3, -0.25) is 9.59 Å². The van der Waals surface area contributed by atoms with Crippen molar-refractivity contribution in [2.45, 2.75) is 51.5 Å². The quantitative estimate of drug-likeness (QED) is 0.774. The first-order valence-electron chi connectivity index (χ1n) is 7.23. The number of hydrogen-bond acceptors (Lipinski definition) is 3. The molecule has 1 saturated heterocycles. The maximum Gasteiger partial charge on any atom is 0.245 e. The third kappa shape index (κ3) is 3.44. The van der Waals surface area contributed by atoms with Crippen LogP contribution in [0.3, 0.4) is 0 Å². The number of nitrogens with one attached hydrogen (secondary N) is 1. The summed E-state index contributed by atoms with van der Waals surface area (Å²) in [5.74, 6) is 0.217. The van der Waals surface area contributed by atoms with Gasteiger partial charge in [0.2, 0.25) is 11.8 Å². The van der Waals surface area contributed by atoms with Gasteiger partial charge in [-0.25, -0.2) is 0 Å². The maximum absolute atomic E-state index is 12.3. The lowest BCUT2D eigenvalue weighted by Gasteiger charge is -2.40. The highest BCUT2D eigenvalue weighted by Gasteiger charge is 2.38. The molecule has 108 valence electrons. The molecule has 2 aliphatic rings. The molecule has 2 fully saturated rings. The summed E-state index contributed by atoms with van der Waals surface area (Å²) in [4.78, 5) is 25.3. The molecule has 1 N–H and O–H groups in total. The molecule has 2 rings (SSSR count). The Morgan fingerprint density at radius 1 is 1.21 bits per heavy atom. The average molecular weight is 284 g/mol. The molecule has 0 aromatic carbocycles. The summed E-state index contributed by atoms with van der Waals surface area (Å²) >= 11 is 4.17. The van der Waals surface area contributed by atoms with Gasteiger partial charge in [0.15, 0.2) is 0 Å². The molecule has 4 nitrogen and oxygen atoms in total. The summed E-state index contributed by atoms with van der Waals surface area (Å²) in [7, 11) is 0. The highest BCUT2D eigenvalue weighted by atomic mass is 32.1. The van der Waals surface area contributed by atoms with Gasteiger partial charge >= 0.3 is 0 Å². The summed E-state index contributed by atoms with van der Waals surface area (Å²) in [6.45, 7) is 3.11. The maximum atomic E-state index is 12.3. The summed E-state index contributed by atoms with van der Waals surface area (Å²) in [6.07, 6.45) is 7.60. The lowest BCUT2D eigenvalue weighted by molar-refractivity contribution is -0.137. The SMILES string of the molecule is CC(=O)NC(CS)C(=O)N1CCC2(CCCC2)CC1. The Kier molecular flexibility index (Phi) is 4.76. The number of nitrogens with zero attached hydrogens (tertiary/aromatic N) is 1. The van der Waals surface area contributed by atoms with E-state index in [-0.39, 0.29) is 11.8 Å². The van der Waals surface area contributed by atoms with E-state index in [2.05, 4.69) is 17.9 Å². The molecule has 0 aromatic rings. The predicted octanol–water partition coefficient (Wildman–Crippen LogP) is 1.60. The lowest BCUT2D eigenvalue weighted by atomic mass is 9.77. The number of carbonyl (C=O) groups is 2. The van der Waals surface area contributed by atoms with E-state index in [9.17, 15) is 9.59 Å². The van der Waals surface area contributed by atoms with Crippen LogP contribution < -0.4 is 5.32 Å². The third-order valence-corrected chi connectivity index (χ3v) is 5.02. The van der Waals surface area contributed by atoms with Gasteiger partial charge < -0.3 is 10.2 Å². The summed E-state index contributed by atoms with van der Waals surface area (Å²) in [6, 6.07) is -0.474. The molecule has 0 radical (unpaired) electrons. The van der Waals surface area contributed by atoms with Crippen LogP contribution in [0.2, 0.25) is 0 Å². The van der Waals surface area contributed by atoms with E-state index in [1.165, 1.54) is 32.6 Å². The van der Waals surface area contributed by atoms with Crippen molar-refractivity contribution in [3.8, 4) is 0 Å². The largest absolute Gasteiger partial charge is 0.344 e. The van der Waals surface area contributed by atoms with E-state index in [4.69, 9.17) is 0 Å². The Bertz CT molecular complexity index is 343. The van der Waals surface area contributed by atoms with Crippen molar-refractivity contribution in [2.24, 2.45) is 5.41 Å². The predicted molar refractivity (Wildman–Crippen MR) is 78.2 cm³/mol. The van der Waals surface area contributed by atoms with Crippen LogP contribution in [0.4, 0.5) is 0 Å². The topological polar surface area (TPSA) is 49.4 Å². The van der Waals surface area contributed by atoms with E-state index < -0.39 is 6.04 Å². The van der Waals surface area contributed by atoms with Crippen LogP contribution in [0, 0.1) is 5.41 Å². The van der Waals surface area contributed by atoms with Gasteiger partial charge in [-0.15, -0.1) is 0 Å². The van der Waals surface area contributed by atoms with Crippen LogP contribution in [0.1, 0.15) is 45.4 Å². The van der Waals surface area contributed by atoms with Crippen molar-refractivity contribution in [1.82, 2.24) is 10.2 Å². The fourth-order valence-electron chi connectivity index (χ4n) is 3.48. The zero-order valence-electron chi connectivity index (χ0n) is 11.7. The monoisotopic (exact) mass is 284 g/mol. The molecule has 1 atom stereocenters. The molecule has 1 aliphatic heterocycles. The number of thiol groups is 1. The minimum Gasteiger partial charge on any atom is -0.344 e. The van der Waals surface area contributed by atoms with E-state index in [1.54, 1.807) is 0 Å². The van der Waals surface area contributed by atoms with Gasteiger partial charge in [0.05, 0.1) is 0 Å². The van der Waals surface area contributed by atoms with Crippen LogP contribution in [-0.4, -0.2) is 41.6 Å².